The highest BCUT2D eigenvalue weighted by Crippen LogP contribution is 2.58. The van der Waals surface area contributed by atoms with Crippen LogP contribution >= 0.6 is 0 Å². The highest BCUT2D eigenvalue weighted by atomic mass is 16.7. The molecule has 200 valence electrons. The van der Waals surface area contributed by atoms with Gasteiger partial charge in [0.2, 0.25) is 18.3 Å². The normalized spacial score (nSPS) is 19.4. The molecular formula is C30H32O8. The second-order valence-corrected chi connectivity index (χ2v) is 9.52. The van der Waals surface area contributed by atoms with E-state index in [1.807, 2.05) is 30.3 Å². The molecule has 1 aliphatic carbocycles. The summed E-state index contributed by atoms with van der Waals surface area (Å²) < 4.78 is 41.2. The lowest BCUT2D eigenvalue weighted by molar-refractivity contribution is 0.00701. The monoisotopic (exact) mass is 520 g/mol. The summed E-state index contributed by atoms with van der Waals surface area (Å²) in [6.45, 7) is 4.30. The van der Waals surface area contributed by atoms with Crippen LogP contribution < -0.4 is 28.4 Å². The second kappa shape index (κ2) is 10.4. The first-order chi connectivity index (χ1) is 18.4. The van der Waals surface area contributed by atoms with Gasteiger partial charge in [-0.1, -0.05) is 32.0 Å². The zero-order valence-corrected chi connectivity index (χ0v) is 22.5. The largest absolute Gasteiger partial charge is 0.493 e. The smallest absolute Gasteiger partial charge is 0.338 e. The van der Waals surface area contributed by atoms with Crippen molar-refractivity contribution in [3.8, 4) is 45.6 Å². The number of methoxy groups -OCH3 is 4. The third kappa shape index (κ3) is 4.14. The lowest BCUT2D eigenvalue weighted by Crippen LogP contribution is -2.26. The molecule has 0 saturated carbocycles. The molecule has 0 spiro atoms. The first kappa shape index (κ1) is 25.6. The Labute approximate surface area is 222 Å². The van der Waals surface area contributed by atoms with Crippen LogP contribution in [0.5, 0.6) is 34.5 Å². The Kier molecular flexibility index (Phi) is 6.97. The van der Waals surface area contributed by atoms with E-state index in [1.165, 1.54) is 0 Å². The fraction of sp³-hybridized carbons (Fsp3) is 0.367. The van der Waals surface area contributed by atoms with Crippen LogP contribution in [0.25, 0.3) is 11.1 Å². The maximum Gasteiger partial charge on any atom is 0.338 e. The summed E-state index contributed by atoms with van der Waals surface area (Å²) in [4.78, 5) is 13.3. The van der Waals surface area contributed by atoms with Gasteiger partial charge in [-0.3, -0.25) is 0 Å². The van der Waals surface area contributed by atoms with E-state index in [9.17, 15) is 4.79 Å². The molecular weight excluding hydrogens is 488 g/mol. The highest BCUT2D eigenvalue weighted by molar-refractivity contribution is 5.91. The van der Waals surface area contributed by atoms with Gasteiger partial charge in [0.1, 0.15) is 6.10 Å². The topological polar surface area (TPSA) is 81.7 Å². The Balaban J connectivity index is 1.82. The molecule has 3 atom stereocenters. The van der Waals surface area contributed by atoms with Gasteiger partial charge >= 0.3 is 5.97 Å². The highest BCUT2D eigenvalue weighted by Gasteiger charge is 2.40. The molecule has 38 heavy (non-hydrogen) atoms. The van der Waals surface area contributed by atoms with Crippen molar-refractivity contribution < 1.29 is 38.0 Å². The number of ether oxygens (including phenoxy) is 7. The van der Waals surface area contributed by atoms with Crippen LogP contribution in [0.3, 0.4) is 0 Å². The number of hydrogen-bond donors (Lipinski definition) is 0. The van der Waals surface area contributed by atoms with E-state index in [4.69, 9.17) is 33.2 Å². The predicted molar refractivity (Wildman–Crippen MR) is 141 cm³/mol. The van der Waals surface area contributed by atoms with Gasteiger partial charge < -0.3 is 33.2 Å². The summed E-state index contributed by atoms with van der Waals surface area (Å²) in [7, 11) is 6.35. The molecule has 8 heteroatoms. The molecule has 0 N–H and O–H groups in total. The van der Waals surface area contributed by atoms with Crippen molar-refractivity contribution in [2.24, 2.45) is 11.8 Å². The SMILES string of the molecule is COc1cc2c(c(OC)c1OC)-c1c(cc3c(c1OC)OCO3)C(OC(=O)c1ccccc1)[C@@H](C)[C@@H](C)C2. The van der Waals surface area contributed by atoms with Crippen LogP contribution in [-0.2, 0) is 11.2 Å². The minimum Gasteiger partial charge on any atom is -0.493 e. The first-order valence-electron chi connectivity index (χ1n) is 12.5. The van der Waals surface area contributed by atoms with Gasteiger partial charge in [-0.15, -0.1) is 0 Å². The van der Waals surface area contributed by atoms with Crippen molar-refractivity contribution in [3.63, 3.8) is 0 Å². The Morgan fingerprint density at radius 1 is 0.842 bits per heavy atom. The Morgan fingerprint density at radius 3 is 2.21 bits per heavy atom. The van der Waals surface area contributed by atoms with Crippen molar-refractivity contribution in [3.05, 3.63) is 59.2 Å². The average Bonchev–Trinajstić information content (AvgIpc) is 3.42. The number of hydrogen-bond acceptors (Lipinski definition) is 8. The maximum atomic E-state index is 13.3. The van der Waals surface area contributed by atoms with Crippen LogP contribution in [-0.4, -0.2) is 41.2 Å². The number of fused-ring (bicyclic) bond motifs is 4. The zero-order chi connectivity index (χ0) is 27.0. The number of benzene rings is 3. The summed E-state index contributed by atoms with van der Waals surface area (Å²) in [6, 6.07) is 12.9. The van der Waals surface area contributed by atoms with E-state index in [0.29, 0.717) is 52.0 Å². The van der Waals surface area contributed by atoms with Crippen molar-refractivity contribution >= 4 is 5.97 Å². The van der Waals surface area contributed by atoms with Crippen molar-refractivity contribution in [2.45, 2.75) is 26.4 Å². The number of rotatable bonds is 6. The summed E-state index contributed by atoms with van der Waals surface area (Å²) in [6.07, 6.45) is 0.0611. The standard InChI is InChI=1S/C30H32O8/c1-16-12-19-13-21(32-3)26(33-4)28(34-5)23(19)24-20(14-22-27(29(24)35-6)37-15-36-22)25(17(16)2)38-30(31)18-10-8-7-9-11-18/h7-11,13-14,16-17,25H,12,15H2,1-6H3/t16-,17-,25?/m0/s1. The van der Waals surface area contributed by atoms with Crippen LogP contribution in [0.1, 0.15) is 41.4 Å². The van der Waals surface area contributed by atoms with Gasteiger partial charge in [0.25, 0.3) is 0 Å². The Hall–Kier alpha value is -4.07. The average molecular weight is 521 g/mol. The molecule has 1 heterocycles. The fourth-order valence-corrected chi connectivity index (χ4v) is 5.39. The summed E-state index contributed by atoms with van der Waals surface area (Å²) in [5.74, 6) is 2.67. The lowest BCUT2D eigenvalue weighted by atomic mass is 9.75. The lowest BCUT2D eigenvalue weighted by Gasteiger charge is -2.35. The van der Waals surface area contributed by atoms with E-state index in [2.05, 4.69) is 13.8 Å². The molecule has 3 aromatic carbocycles. The van der Waals surface area contributed by atoms with Crippen LogP contribution in [0.4, 0.5) is 0 Å². The minimum absolute atomic E-state index is 0.0567. The molecule has 0 aromatic heterocycles. The third-order valence-electron chi connectivity index (χ3n) is 7.48. The van der Waals surface area contributed by atoms with E-state index < -0.39 is 12.1 Å². The molecule has 5 rings (SSSR count). The van der Waals surface area contributed by atoms with Crippen LogP contribution in [0, 0.1) is 11.8 Å². The van der Waals surface area contributed by atoms with Gasteiger partial charge in [0.05, 0.1) is 34.0 Å². The first-order valence-corrected chi connectivity index (χ1v) is 12.5. The van der Waals surface area contributed by atoms with Gasteiger partial charge in [-0.2, -0.15) is 0 Å². The van der Waals surface area contributed by atoms with Gasteiger partial charge in [0, 0.05) is 22.6 Å². The molecule has 2 aliphatic rings. The van der Waals surface area contributed by atoms with E-state index in [-0.39, 0.29) is 18.6 Å². The molecule has 0 radical (unpaired) electrons. The molecule has 0 bridgehead atoms. The van der Waals surface area contributed by atoms with Crippen LogP contribution in [0.15, 0.2) is 42.5 Å². The van der Waals surface area contributed by atoms with Crippen molar-refractivity contribution in [1.29, 1.82) is 0 Å². The molecule has 0 saturated heterocycles. The summed E-state index contributed by atoms with van der Waals surface area (Å²) in [5.41, 5.74) is 3.68. The third-order valence-corrected chi connectivity index (χ3v) is 7.48. The predicted octanol–water partition coefficient (Wildman–Crippen LogP) is 5.84. The van der Waals surface area contributed by atoms with Gasteiger partial charge in [-0.05, 0) is 42.2 Å². The van der Waals surface area contributed by atoms with E-state index >= 15 is 0 Å². The van der Waals surface area contributed by atoms with E-state index in [0.717, 1.165) is 16.7 Å². The minimum atomic E-state index is -0.609. The second-order valence-electron chi connectivity index (χ2n) is 9.52. The molecule has 8 nitrogen and oxygen atoms in total. The van der Waals surface area contributed by atoms with Crippen molar-refractivity contribution in [2.75, 3.05) is 35.2 Å². The van der Waals surface area contributed by atoms with E-state index in [1.54, 1.807) is 40.6 Å². The van der Waals surface area contributed by atoms with Gasteiger partial charge in [0.15, 0.2) is 23.0 Å². The Bertz CT molecular complexity index is 1350. The van der Waals surface area contributed by atoms with Crippen LogP contribution in [0.2, 0.25) is 0 Å². The Morgan fingerprint density at radius 2 is 1.55 bits per heavy atom. The molecule has 3 aromatic rings. The quantitative estimate of drug-likeness (QED) is 0.375. The summed E-state index contributed by atoms with van der Waals surface area (Å²) >= 11 is 0. The van der Waals surface area contributed by atoms with Gasteiger partial charge in [-0.25, -0.2) is 4.79 Å². The molecule has 0 amide bonds. The zero-order valence-electron chi connectivity index (χ0n) is 22.5. The number of carbonyl (C=O) groups is 1. The number of esters is 1. The van der Waals surface area contributed by atoms with Crippen molar-refractivity contribution in [1.82, 2.24) is 0 Å². The molecule has 1 aliphatic heterocycles. The summed E-state index contributed by atoms with van der Waals surface area (Å²) in [5, 5.41) is 0. The molecule has 1 unspecified atom stereocenters. The number of carbonyl (C=O) groups excluding carboxylic acids is 1. The fourth-order valence-electron chi connectivity index (χ4n) is 5.39. The maximum absolute atomic E-state index is 13.3. The molecule has 0 fully saturated rings.